The number of aliphatic hydroxyl groups is 1. The number of aromatic hydroxyl groups is 1. The Labute approximate surface area is 461 Å². The molecule has 2 bridgehead atoms. The molecule has 4 aliphatic heterocycles. The lowest BCUT2D eigenvalue weighted by atomic mass is 9.85. The summed E-state index contributed by atoms with van der Waals surface area (Å²) in [7, 11) is 0. The number of benzene rings is 3. The lowest BCUT2D eigenvalue weighted by molar-refractivity contribution is -0.144. The van der Waals surface area contributed by atoms with Crippen LogP contribution < -0.4 is 25.6 Å². The number of fused-ring (bicyclic) bond motifs is 4. The Kier molecular flexibility index (Phi) is 16.7. The number of halogens is 2. The van der Waals surface area contributed by atoms with Crippen molar-refractivity contribution in [2.24, 2.45) is 5.41 Å². The predicted octanol–water partition coefficient (Wildman–Crippen LogP) is 5.87. The minimum atomic E-state index is -0.993. The molecule has 4 fully saturated rings. The molecule has 21 heteroatoms. The third-order valence-electron chi connectivity index (χ3n) is 15.3. The molecule has 7 heterocycles. The Hall–Kier alpha value is -6.93. The SMILES string of the molecule is C#Cc1c(F)ccc2cc(O)cc(-c3ncc4c(N5CC6CCC(C5)N6)nc(OC5CCN(CCOCCOCC(=O)N[C@H](C(=O)N6C[C@H](O)C[C@H]6C(=O)NCc6ccc(-c7scnc7C)cc6)C(C)(C)C)CC5)nc4c3F)c12. The van der Waals surface area contributed by atoms with Gasteiger partial charge in [-0.1, -0.05) is 57.0 Å². The molecule has 0 spiro atoms. The van der Waals surface area contributed by atoms with Crippen molar-refractivity contribution in [3.8, 4) is 45.8 Å². The second-order valence-corrected chi connectivity index (χ2v) is 22.8. The number of carbonyl (C=O) groups is 3. The number of amides is 3. The van der Waals surface area contributed by atoms with E-state index in [1.54, 1.807) is 16.8 Å². The highest BCUT2D eigenvalue weighted by atomic mass is 32.1. The van der Waals surface area contributed by atoms with Crippen LogP contribution in [-0.2, 0) is 30.4 Å². The van der Waals surface area contributed by atoms with Gasteiger partial charge in [0.25, 0.3) is 0 Å². The first kappa shape index (κ1) is 55.4. The first-order valence-corrected chi connectivity index (χ1v) is 27.8. The van der Waals surface area contributed by atoms with E-state index in [1.165, 1.54) is 35.4 Å². The van der Waals surface area contributed by atoms with Crippen molar-refractivity contribution in [2.75, 3.05) is 70.6 Å². The number of thiazole rings is 1. The maximum absolute atomic E-state index is 17.1. The number of aryl methyl sites for hydroxylation is 1. The van der Waals surface area contributed by atoms with Gasteiger partial charge >= 0.3 is 6.01 Å². The maximum atomic E-state index is 17.1. The normalized spacial score (nSPS) is 20.2. The molecule has 3 amide bonds. The molecule has 79 heavy (non-hydrogen) atoms. The third kappa shape index (κ3) is 12.4. The van der Waals surface area contributed by atoms with Crippen LogP contribution >= 0.6 is 11.3 Å². The van der Waals surface area contributed by atoms with Crippen LogP contribution in [0.3, 0.4) is 0 Å². The zero-order valence-electron chi connectivity index (χ0n) is 44.8. The van der Waals surface area contributed by atoms with Crippen molar-refractivity contribution in [3.63, 3.8) is 0 Å². The molecule has 3 aromatic carbocycles. The third-order valence-corrected chi connectivity index (χ3v) is 16.3. The van der Waals surface area contributed by atoms with E-state index in [1.807, 2.05) is 52.0 Å². The average molecular weight is 1100 g/mol. The van der Waals surface area contributed by atoms with Crippen molar-refractivity contribution < 1.29 is 47.6 Å². The fourth-order valence-electron chi connectivity index (χ4n) is 11.2. The molecule has 0 aliphatic carbocycles. The number of anilines is 1. The molecular weight excluding hydrogens is 1030 g/mol. The number of phenolic OH excluding ortho intramolecular Hbond substituents is 1. The lowest BCUT2D eigenvalue weighted by Crippen LogP contribution is -2.58. The Morgan fingerprint density at radius 2 is 1.71 bits per heavy atom. The molecule has 3 aromatic heterocycles. The van der Waals surface area contributed by atoms with Gasteiger partial charge in [-0.05, 0) is 72.7 Å². The summed E-state index contributed by atoms with van der Waals surface area (Å²) in [6.45, 7) is 11.5. The molecule has 0 saturated carbocycles. The summed E-state index contributed by atoms with van der Waals surface area (Å²) in [5, 5.41) is 31.8. The first-order chi connectivity index (χ1) is 38.0. The van der Waals surface area contributed by atoms with Gasteiger partial charge in [0.05, 0.1) is 53.0 Å². The number of piperazine rings is 1. The molecule has 4 saturated heterocycles. The van der Waals surface area contributed by atoms with E-state index in [0.29, 0.717) is 68.8 Å². The van der Waals surface area contributed by atoms with Gasteiger partial charge in [0.1, 0.15) is 53.4 Å². The number of likely N-dealkylation sites (tertiary alicyclic amines) is 2. The molecule has 2 unspecified atom stereocenters. The quantitative estimate of drug-likeness (QED) is 0.0503. The summed E-state index contributed by atoms with van der Waals surface area (Å²) in [5.74, 6) is -0.0266. The standard InChI is InChI=1S/C58H66F2N10O8S/c1-6-42-45(59)14-11-36-23-39(71)24-43(48(36)42)50-49(60)51-44(27-61-50)54(69-28-37-12-13-38(29-69)64-37)67-57(66-51)78-41-15-17-68(18-16-41)19-20-76-21-22-77-31-47(73)65-53(58(3,4)5)56(75)70-30-40(72)25-46(70)55(74)62-26-34-7-9-35(10-8-34)52-33(2)63-32-79-52/h1,7-11,14,23-24,27,32,37-38,40-41,46,53,64,71-72H,12-13,15-22,25-26,28-31H2,2-5H3,(H,62,74)(H,65,73)/t37?,38?,40-,46+,53-/m1/s1. The Balaban J connectivity index is 0.690. The van der Waals surface area contributed by atoms with Gasteiger partial charge in [0.2, 0.25) is 17.7 Å². The number of terminal acetylenes is 1. The summed E-state index contributed by atoms with van der Waals surface area (Å²) in [6, 6.07) is 12.0. The molecular formula is C58H66F2N10O8S. The number of piperidine rings is 1. The van der Waals surface area contributed by atoms with Crippen molar-refractivity contribution >= 4 is 56.6 Å². The van der Waals surface area contributed by atoms with Crippen LogP contribution in [0, 0.1) is 36.3 Å². The van der Waals surface area contributed by atoms with Gasteiger partial charge in [-0.15, -0.1) is 17.8 Å². The molecule has 0 radical (unpaired) electrons. The van der Waals surface area contributed by atoms with E-state index < -0.39 is 47.1 Å². The van der Waals surface area contributed by atoms with E-state index >= 15 is 8.78 Å². The van der Waals surface area contributed by atoms with Gasteiger partial charge in [-0.2, -0.15) is 9.97 Å². The minimum absolute atomic E-state index is 0.0119. The molecule has 10 rings (SSSR count). The number of hydrogen-bond donors (Lipinski definition) is 5. The van der Waals surface area contributed by atoms with E-state index in [9.17, 15) is 24.6 Å². The molecule has 416 valence electrons. The Morgan fingerprint density at radius 3 is 2.42 bits per heavy atom. The number of pyridine rings is 1. The van der Waals surface area contributed by atoms with Crippen LogP contribution in [0.5, 0.6) is 11.8 Å². The molecule has 4 aliphatic rings. The Bertz CT molecular complexity index is 3260. The number of rotatable bonds is 18. The number of nitrogens with zero attached hydrogens (tertiary/aromatic N) is 7. The summed E-state index contributed by atoms with van der Waals surface area (Å²) < 4.78 is 50.1. The highest BCUT2D eigenvalue weighted by molar-refractivity contribution is 7.13. The zero-order valence-corrected chi connectivity index (χ0v) is 45.6. The second kappa shape index (κ2) is 23.8. The van der Waals surface area contributed by atoms with Gasteiger partial charge in [0, 0.05) is 81.5 Å². The maximum Gasteiger partial charge on any atom is 0.319 e. The van der Waals surface area contributed by atoms with Crippen LogP contribution in [-0.4, -0.2) is 160 Å². The van der Waals surface area contributed by atoms with Crippen molar-refractivity contribution in [1.29, 1.82) is 0 Å². The van der Waals surface area contributed by atoms with Gasteiger partial charge in [0.15, 0.2) is 5.82 Å². The summed E-state index contributed by atoms with van der Waals surface area (Å²) in [5.41, 5.74) is 3.86. The molecule has 5 N–H and O–H groups in total. The molecule has 5 atom stereocenters. The number of β-amino-alcohol motifs (C(OH)–C–C–N with tert-alkyl or cyclic N) is 1. The number of hydrogen-bond acceptors (Lipinski definition) is 16. The number of aromatic nitrogens is 4. The Morgan fingerprint density at radius 1 is 0.962 bits per heavy atom. The number of ether oxygens (including phenoxy) is 3. The number of nitrogens with one attached hydrogen (secondary N) is 3. The minimum Gasteiger partial charge on any atom is -0.508 e. The number of carbonyl (C=O) groups excluding carboxylic acids is 3. The largest absolute Gasteiger partial charge is 0.508 e. The van der Waals surface area contributed by atoms with E-state index in [4.69, 9.17) is 25.6 Å². The topological polar surface area (TPSA) is 217 Å². The van der Waals surface area contributed by atoms with Crippen LogP contribution in [0.2, 0.25) is 0 Å². The van der Waals surface area contributed by atoms with Crippen LogP contribution in [0.25, 0.3) is 43.4 Å². The van der Waals surface area contributed by atoms with E-state index in [-0.39, 0.29) is 103 Å². The van der Waals surface area contributed by atoms with Crippen LogP contribution in [0.4, 0.5) is 14.6 Å². The highest BCUT2D eigenvalue weighted by Gasteiger charge is 2.44. The first-order valence-electron chi connectivity index (χ1n) is 26.9. The van der Waals surface area contributed by atoms with E-state index in [2.05, 4.69) is 46.6 Å². The van der Waals surface area contributed by atoms with Crippen LogP contribution in [0.1, 0.15) is 69.7 Å². The summed E-state index contributed by atoms with van der Waals surface area (Å²) in [6.07, 6.45) is 9.55. The average Bonchev–Trinajstić information content (AvgIpc) is 4.15. The van der Waals surface area contributed by atoms with Crippen LogP contribution in [0.15, 0.2) is 60.2 Å². The van der Waals surface area contributed by atoms with Gasteiger partial charge < -0.3 is 55.1 Å². The highest BCUT2D eigenvalue weighted by Crippen LogP contribution is 2.40. The summed E-state index contributed by atoms with van der Waals surface area (Å²) >= 11 is 1.56. The number of aliphatic hydroxyl groups excluding tert-OH is 1. The number of phenols is 1. The zero-order chi connectivity index (χ0) is 55.5. The summed E-state index contributed by atoms with van der Waals surface area (Å²) in [4.78, 5) is 66.0. The predicted molar refractivity (Wildman–Crippen MR) is 295 cm³/mol. The molecule has 18 nitrogen and oxygen atoms in total. The van der Waals surface area contributed by atoms with Gasteiger partial charge in [-0.25, -0.2) is 13.8 Å². The molecule has 6 aromatic rings. The van der Waals surface area contributed by atoms with Crippen molar-refractivity contribution in [1.82, 2.24) is 45.7 Å². The smallest absolute Gasteiger partial charge is 0.319 e. The van der Waals surface area contributed by atoms with Crippen molar-refractivity contribution in [3.05, 3.63) is 88.7 Å². The van der Waals surface area contributed by atoms with E-state index in [0.717, 1.165) is 34.5 Å². The van der Waals surface area contributed by atoms with Gasteiger partial charge in [-0.3, -0.25) is 19.4 Å². The fourth-order valence-corrected chi connectivity index (χ4v) is 12.0. The fraction of sp³-hybridized carbons (Fsp3) is 0.466. The lowest BCUT2D eigenvalue weighted by Gasteiger charge is -2.35. The monoisotopic (exact) mass is 1100 g/mol. The van der Waals surface area contributed by atoms with Crippen molar-refractivity contribution in [2.45, 2.75) is 103 Å². The second-order valence-electron chi connectivity index (χ2n) is 22.0.